The number of ether oxygens (including phenoxy) is 1. The summed E-state index contributed by atoms with van der Waals surface area (Å²) >= 11 is 1.85. The fraction of sp³-hybridized carbons (Fsp3) is 0.500. The molecule has 2 N–H and O–H groups in total. The van der Waals surface area contributed by atoms with Gasteiger partial charge in [-0.25, -0.2) is 4.79 Å². The molecule has 0 spiro atoms. The van der Waals surface area contributed by atoms with E-state index in [1.54, 1.807) is 0 Å². The van der Waals surface area contributed by atoms with Gasteiger partial charge in [0, 0.05) is 33.6 Å². The summed E-state index contributed by atoms with van der Waals surface area (Å²) in [6, 6.07) is 6.41. The van der Waals surface area contributed by atoms with Crippen molar-refractivity contribution in [1.82, 2.24) is 10.6 Å². The Kier molecular flexibility index (Phi) is 6.78. The van der Waals surface area contributed by atoms with Crippen LogP contribution in [0.1, 0.15) is 36.0 Å². The van der Waals surface area contributed by atoms with Crippen LogP contribution < -0.4 is 10.6 Å². The quantitative estimate of drug-likeness (QED) is 0.124. The number of rotatable bonds is 9. The van der Waals surface area contributed by atoms with Crippen LogP contribution in [0.2, 0.25) is 0 Å². The van der Waals surface area contributed by atoms with Gasteiger partial charge >= 0.3 is 12.0 Å². The van der Waals surface area contributed by atoms with E-state index in [9.17, 15) is 14.4 Å². The third-order valence-electron chi connectivity index (χ3n) is 4.77. The number of nitrogens with zero attached hydrogens (tertiary/aromatic N) is 3. The van der Waals surface area contributed by atoms with Crippen LogP contribution in [-0.2, 0) is 9.53 Å². The van der Waals surface area contributed by atoms with Crippen LogP contribution in [-0.4, -0.2) is 47.5 Å². The lowest BCUT2D eigenvalue weighted by atomic mass is 10.0. The van der Waals surface area contributed by atoms with Gasteiger partial charge in [0.25, 0.3) is 0 Å². The highest BCUT2D eigenvalue weighted by Crippen LogP contribution is 2.33. The lowest BCUT2D eigenvalue weighted by molar-refractivity contribution is -0.142. The van der Waals surface area contributed by atoms with Crippen molar-refractivity contribution in [2.24, 2.45) is 5.11 Å². The molecule has 2 aliphatic heterocycles. The number of Topliss-reactive ketones (excluding diaryl/α,β-unsaturated/α-hetero) is 1. The van der Waals surface area contributed by atoms with Gasteiger partial charge in [0.15, 0.2) is 12.4 Å². The summed E-state index contributed by atoms with van der Waals surface area (Å²) in [5.41, 5.74) is 9.16. The molecule has 2 heterocycles. The first-order chi connectivity index (χ1) is 13.6. The number of amides is 2. The number of hydrogen-bond acceptors (Lipinski definition) is 6. The van der Waals surface area contributed by atoms with E-state index >= 15 is 0 Å². The van der Waals surface area contributed by atoms with E-state index in [1.807, 2.05) is 11.8 Å². The second-order valence-electron chi connectivity index (χ2n) is 6.69. The van der Waals surface area contributed by atoms with Crippen molar-refractivity contribution >= 4 is 35.2 Å². The molecule has 0 radical (unpaired) electrons. The number of fused-ring (bicyclic) bond motifs is 1. The number of carbonyl (C=O) groups is 3. The van der Waals surface area contributed by atoms with Crippen LogP contribution in [0, 0.1) is 0 Å². The van der Waals surface area contributed by atoms with Gasteiger partial charge in [0.2, 0.25) is 0 Å². The van der Waals surface area contributed by atoms with Crippen molar-refractivity contribution in [3.8, 4) is 0 Å². The zero-order valence-electron chi connectivity index (χ0n) is 15.2. The summed E-state index contributed by atoms with van der Waals surface area (Å²) in [5.74, 6) is 0.216. The van der Waals surface area contributed by atoms with Gasteiger partial charge in [-0.1, -0.05) is 35.8 Å². The smallest absolute Gasteiger partial charge is 0.315 e. The molecule has 1 aromatic carbocycles. The van der Waals surface area contributed by atoms with Gasteiger partial charge in [-0.2, -0.15) is 11.8 Å². The summed E-state index contributed by atoms with van der Waals surface area (Å²) in [6.07, 6.45) is 2.74. The van der Waals surface area contributed by atoms with E-state index in [-0.39, 0.29) is 36.9 Å². The number of urea groups is 1. The summed E-state index contributed by atoms with van der Waals surface area (Å²) in [7, 11) is 0. The van der Waals surface area contributed by atoms with Gasteiger partial charge < -0.3 is 15.4 Å². The number of nitrogens with one attached hydrogen (secondary N) is 2. The Balaban J connectivity index is 1.32. The highest BCUT2D eigenvalue weighted by molar-refractivity contribution is 8.00. The Morgan fingerprint density at radius 3 is 2.79 bits per heavy atom. The van der Waals surface area contributed by atoms with Crippen LogP contribution in [0.4, 0.5) is 10.5 Å². The first kappa shape index (κ1) is 20.0. The molecule has 2 amide bonds. The molecule has 0 bridgehead atoms. The van der Waals surface area contributed by atoms with Gasteiger partial charge in [0.1, 0.15) is 0 Å². The third-order valence-corrected chi connectivity index (χ3v) is 6.28. The SMILES string of the molecule is [N-]=[N+]=Nc1ccc(C(=O)COC(=O)CCCC[C@@H]2SC[C@@H]3NC(=O)N[C@@H]32)cc1. The lowest BCUT2D eigenvalue weighted by Crippen LogP contribution is -2.36. The molecule has 2 fully saturated rings. The fourth-order valence-electron chi connectivity index (χ4n) is 3.33. The monoisotopic (exact) mass is 403 g/mol. The number of carbonyl (C=O) groups excluding carboxylic acids is 3. The van der Waals surface area contributed by atoms with Crippen molar-refractivity contribution in [1.29, 1.82) is 0 Å². The molecular formula is C18H21N5O4S. The second kappa shape index (κ2) is 9.48. The van der Waals surface area contributed by atoms with Crippen LogP contribution in [0.5, 0.6) is 0 Å². The van der Waals surface area contributed by atoms with E-state index in [2.05, 4.69) is 20.7 Å². The Morgan fingerprint density at radius 1 is 1.25 bits per heavy atom. The standard InChI is InChI=1S/C18H21N5O4S/c19-23-22-12-7-5-11(6-8-12)14(24)9-27-16(25)4-2-1-3-15-17-13(10-28-15)20-18(26)21-17/h5-8,13,15,17H,1-4,9-10H2,(H2,20,21,26)/t13-,15-,17-/m0/s1. The average molecular weight is 403 g/mol. The Hall–Kier alpha value is -2.71. The molecule has 3 atom stereocenters. The number of ketones is 1. The largest absolute Gasteiger partial charge is 0.457 e. The third kappa shape index (κ3) is 5.17. The normalized spacial score (nSPS) is 22.6. The molecule has 0 aromatic heterocycles. The number of hydrogen-bond donors (Lipinski definition) is 2. The number of benzene rings is 1. The predicted molar refractivity (Wildman–Crippen MR) is 104 cm³/mol. The summed E-state index contributed by atoms with van der Waals surface area (Å²) < 4.78 is 5.05. The van der Waals surface area contributed by atoms with E-state index < -0.39 is 5.97 Å². The van der Waals surface area contributed by atoms with Crippen LogP contribution in [0.3, 0.4) is 0 Å². The Morgan fingerprint density at radius 2 is 2.04 bits per heavy atom. The summed E-state index contributed by atoms with van der Waals surface area (Å²) in [5, 5.41) is 9.66. The first-order valence-corrected chi connectivity index (χ1v) is 10.1. The van der Waals surface area contributed by atoms with E-state index in [0.717, 1.165) is 18.6 Å². The van der Waals surface area contributed by atoms with Crippen LogP contribution >= 0.6 is 11.8 Å². The minimum absolute atomic E-state index is 0.0963. The van der Waals surface area contributed by atoms with Gasteiger partial charge in [-0.05, 0) is 18.4 Å². The van der Waals surface area contributed by atoms with E-state index in [4.69, 9.17) is 10.3 Å². The molecule has 10 heteroatoms. The highest BCUT2D eigenvalue weighted by Gasteiger charge is 2.42. The molecule has 2 saturated heterocycles. The topological polar surface area (TPSA) is 133 Å². The maximum Gasteiger partial charge on any atom is 0.315 e. The lowest BCUT2D eigenvalue weighted by Gasteiger charge is -2.16. The minimum Gasteiger partial charge on any atom is -0.457 e. The van der Waals surface area contributed by atoms with Gasteiger partial charge in [0.05, 0.1) is 12.1 Å². The molecule has 1 aromatic rings. The second-order valence-corrected chi connectivity index (χ2v) is 7.96. The molecule has 0 saturated carbocycles. The summed E-state index contributed by atoms with van der Waals surface area (Å²) in [4.78, 5) is 37.9. The molecule has 0 unspecified atom stereocenters. The number of thioether (sulfide) groups is 1. The van der Waals surface area contributed by atoms with Crippen LogP contribution in [0.15, 0.2) is 29.4 Å². The first-order valence-electron chi connectivity index (χ1n) is 9.09. The average Bonchev–Trinajstić information content (AvgIpc) is 3.23. The zero-order valence-corrected chi connectivity index (χ0v) is 16.0. The Labute approximate surface area is 166 Å². The van der Waals surface area contributed by atoms with Crippen molar-refractivity contribution in [3.63, 3.8) is 0 Å². The molecule has 9 nitrogen and oxygen atoms in total. The maximum absolute atomic E-state index is 12.0. The number of esters is 1. The minimum atomic E-state index is -0.396. The summed E-state index contributed by atoms with van der Waals surface area (Å²) in [6.45, 7) is -0.306. The number of azide groups is 1. The van der Waals surface area contributed by atoms with Crippen molar-refractivity contribution in [2.75, 3.05) is 12.4 Å². The maximum atomic E-state index is 12.0. The molecule has 28 heavy (non-hydrogen) atoms. The zero-order chi connectivity index (χ0) is 19.9. The molecular weight excluding hydrogens is 382 g/mol. The highest BCUT2D eigenvalue weighted by atomic mass is 32.2. The van der Waals surface area contributed by atoms with E-state index in [1.165, 1.54) is 24.3 Å². The molecule has 3 rings (SSSR count). The number of unbranched alkanes of at least 4 members (excludes halogenated alkanes) is 1. The molecule has 0 aliphatic carbocycles. The molecule has 148 valence electrons. The molecule has 2 aliphatic rings. The van der Waals surface area contributed by atoms with Gasteiger partial charge in [-0.3, -0.25) is 9.59 Å². The van der Waals surface area contributed by atoms with Crippen molar-refractivity contribution in [3.05, 3.63) is 40.3 Å². The predicted octanol–water partition coefficient (Wildman–Crippen LogP) is 3.08. The van der Waals surface area contributed by atoms with Crippen LogP contribution in [0.25, 0.3) is 10.4 Å². The van der Waals surface area contributed by atoms with E-state index in [0.29, 0.717) is 22.9 Å². The van der Waals surface area contributed by atoms with Crippen molar-refractivity contribution in [2.45, 2.75) is 43.0 Å². The van der Waals surface area contributed by atoms with Gasteiger partial charge in [-0.15, -0.1) is 0 Å². The fourth-order valence-corrected chi connectivity index (χ4v) is 4.87. The Bertz CT molecular complexity index is 794. The van der Waals surface area contributed by atoms with Crippen molar-refractivity contribution < 1.29 is 19.1 Å².